The van der Waals surface area contributed by atoms with Gasteiger partial charge in [-0.3, -0.25) is 4.79 Å². The molecule has 0 aliphatic rings. The van der Waals surface area contributed by atoms with E-state index >= 15 is 0 Å². The average molecular weight is 428 g/mol. The van der Waals surface area contributed by atoms with Crippen LogP contribution >= 0.6 is 0 Å². The van der Waals surface area contributed by atoms with Crippen LogP contribution in [0.3, 0.4) is 0 Å². The Morgan fingerprint density at radius 1 is 1.07 bits per heavy atom. The summed E-state index contributed by atoms with van der Waals surface area (Å²) in [5.41, 5.74) is 1.52. The minimum atomic E-state index is -3.43. The van der Waals surface area contributed by atoms with E-state index in [1.54, 1.807) is 38.1 Å². The summed E-state index contributed by atoms with van der Waals surface area (Å²) in [7, 11) is -3.43. The van der Waals surface area contributed by atoms with Crippen LogP contribution in [0.4, 0.5) is 0 Å². The molecule has 3 rings (SSSR count). The summed E-state index contributed by atoms with van der Waals surface area (Å²) in [6, 6.07) is 10.7. The molecule has 0 bridgehead atoms. The van der Waals surface area contributed by atoms with Gasteiger partial charge in [0.1, 0.15) is 17.2 Å². The molecule has 9 heteroatoms. The summed E-state index contributed by atoms with van der Waals surface area (Å²) in [5, 5.41) is 9.05. The number of sulfone groups is 1. The highest BCUT2D eigenvalue weighted by Crippen LogP contribution is 2.30. The number of H-pyrrole nitrogens is 1. The van der Waals surface area contributed by atoms with Crippen molar-refractivity contribution in [1.29, 1.82) is 0 Å². The Balaban J connectivity index is 2.01. The molecule has 30 heavy (non-hydrogen) atoms. The van der Waals surface area contributed by atoms with Crippen LogP contribution in [0.1, 0.15) is 34.7 Å². The number of aromatic carboxylic acids is 1. The number of aromatic nitrogens is 2. The molecule has 0 aliphatic heterocycles. The van der Waals surface area contributed by atoms with Crippen molar-refractivity contribution in [3.8, 4) is 22.8 Å². The van der Waals surface area contributed by atoms with Gasteiger partial charge < -0.3 is 14.8 Å². The molecule has 0 saturated carbocycles. The van der Waals surface area contributed by atoms with Crippen molar-refractivity contribution in [3.63, 3.8) is 0 Å². The maximum absolute atomic E-state index is 12.6. The number of ether oxygens (including phenoxy) is 1. The van der Waals surface area contributed by atoms with E-state index in [0.29, 0.717) is 28.3 Å². The van der Waals surface area contributed by atoms with Gasteiger partial charge in [0, 0.05) is 29.0 Å². The highest BCUT2D eigenvalue weighted by Gasteiger charge is 2.16. The molecular weight excluding hydrogens is 408 g/mol. The van der Waals surface area contributed by atoms with Gasteiger partial charge >= 0.3 is 5.97 Å². The van der Waals surface area contributed by atoms with Crippen molar-refractivity contribution in [3.05, 3.63) is 59.9 Å². The number of nitrogens with one attached hydrogen (secondary N) is 1. The van der Waals surface area contributed by atoms with Crippen LogP contribution in [0.15, 0.2) is 53.7 Å². The van der Waals surface area contributed by atoms with E-state index in [0.717, 1.165) is 6.26 Å². The second-order valence-corrected chi connectivity index (χ2v) is 9.02. The summed E-state index contributed by atoms with van der Waals surface area (Å²) in [6.45, 7) is 3.56. The van der Waals surface area contributed by atoms with E-state index in [-0.39, 0.29) is 22.4 Å². The lowest BCUT2D eigenvalue weighted by Gasteiger charge is -2.12. The third kappa shape index (κ3) is 4.74. The van der Waals surface area contributed by atoms with Crippen molar-refractivity contribution in [2.45, 2.75) is 18.9 Å². The topological polar surface area (TPSA) is 126 Å². The zero-order valence-electron chi connectivity index (χ0n) is 16.5. The van der Waals surface area contributed by atoms with Gasteiger partial charge in [0.2, 0.25) is 0 Å². The normalized spacial score (nSPS) is 11.5. The standard InChI is InChI=1S/C21H20N2O6S/c1-12(2)20(24)14-8-13(17-5-6-18(23-17)21(25)26)9-16(10-14)29-15-4-7-19(22-11-15)30(3,27)28/h4-12,23H,1-3H3,(H,25,26). The molecule has 0 radical (unpaired) electrons. The zero-order valence-corrected chi connectivity index (χ0v) is 17.4. The number of pyridine rings is 1. The quantitative estimate of drug-likeness (QED) is 0.548. The molecule has 2 heterocycles. The van der Waals surface area contributed by atoms with E-state index in [1.807, 2.05) is 0 Å². The van der Waals surface area contributed by atoms with Crippen molar-refractivity contribution in [2.75, 3.05) is 6.26 Å². The van der Waals surface area contributed by atoms with E-state index in [4.69, 9.17) is 9.84 Å². The fourth-order valence-electron chi connectivity index (χ4n) is 2.76. The number of carbonyl (C=O) groups is 2. The number of rotatable bonds is 7. The van der Waals surface area contributed by atoms with Crippen LogP contribution in [0.2, 0.25) is 0 Å². The molecule has 0 aliphatic carbocycles. The summed E-state index contributed by atoms with van der Waals surface area (Å²) >= 11 is 0. The van der Waals surface area contributed by atoms with E-state index < -0.39 is 15.8 Å². The number of Topliss-reactive ketones (excluding diaryl/α,β-unsaturated/α-hetero) is 1. The van der Waals surface area contributed by atoms with Gasteiger partial charge in [-0.25, -0.2) is 18.2 Å². The summed E-state index contributed by atoms with van der Waals surface area (Å²) in [5.74, 6) is -0.819. The summed E-state index contributed by atoms with van der Waals surface area (Å²) < 4.78 is 28.9. The highest BCUT2D eigenvalue weighted by molar-refractivity contribution is 7.90. The van der Waals surface area contributed by atoms with Gasteiger partial charge in [0.25, 0.3) is 0 Å². The second kappa shape index (κ2) is 8.11. The van der Waals surface area contributed by atoms with E-state index in [2.05, 4.69) is 9.97 Å². The SMILES string of the molecule is CC(C)C(=O)c1cc(Oc2ccc(S(C)(=O)=O)nc2)cc(-c2ccc(C(=O)O)[nH]2)c1. The Kier molecular flexibility index (Phi) is 5.75. The molecule has 2 N–H and O–H groups in total. The van der Waals surface area contributed by atoms with Crippen LogP contribution < -0.4 is 4.74 Å². The number of carboxylic acids is 1. The van der Waals surface area contributed by atoms with Gasteiger partial charge in [0.15, 0.2) is 20.6 Å². The number of carbonyl (C=O) groups excluding carboxylic acids is 1. The Hall–Kier alpha value is -3.46. The maximum Gasteiger partial charge on any atom is 0.352 e. The van der Waals surface area contributed by atoms with Crippen molar-refractivity contribution >= 4 is 21.6 Å². The fourth-order valence-corrected chi connectivity index (χ4v) is 3.32. The minimum Gasteiger partial charge on any atom is -0.477 e. The monoisotopic (exact) mass is 428 g/mol. The van der Waals surface area contributed by atoms with Gasteiger partial charge in [-0.15, -0.1) is 0 Å². The molecule has 0 spiro atoms. The molecule has 1 aromatic carbocycles. The van der Waals surface area contributed by atoms with Gasteiger partial charge in [-0.05, 0) is 42.5 Å². The molecular formula is C21H20N2O6S. The number of benzene rings is 1. The Morgan fingerprint density at radius 2 is 1.80 bits per heavy atom. The number of hydrogen-bond donors (Lipinski definition) is 2. The average Bonchev–Trinajstić information content (AvgIpc) is 3.17. The lowest BCUT2D eigenvalue weighted by molar-refractivity contribution is 0.0691. The predicted octanol–water partition coefficient (Wildman–Crippen LogP) is 3.81. The first-order valence-corrected chi connectivity index (χ1v) is 10.9. The fraction of sp³-hybridized carbons (Fsp3) is 0.190. The van der Waals surface area contributed by atoms with Crippen LogP contribution in [0, 0.1) is 5.92 Å². The minimum absolute atomic E-state index is 0.0219. The van der Waals surface area contributed by atoms with Crippen LogP contribution in [-0.2, 0) is 9.84 Å². The van der Waals surface area contributed by atoms with Crippen molar-refractivity contribution in [2.24, 2.45) is 5.92 Å². The first-order chi connectivity index (χ1) is 14.0. The van der Waals surface area contributed by atoms with Crippen LogP contribution in [-0.4, -0.2) is 41.5 Å². The Labute approximate surface area is 173 Å². The number of aromatic amines is 1. The molecule has 0 fully saturated rings. The maximum atomic E-state index is 12.6. The first-order valence-electron chi connectivity index (χ1n) is 9.00. The highest BCUT2D eigenvalue weighted by atomic mass is 32.2. The van der Waals surface area contributed by atoms with Gasteiger partial charge in [-0.1, -0.05) is 13.8 Å². The Bertz CT molecular complexity index is 1210. The van der Waals surface area contributed by atoms with Crippen LogP contribution in [0.25, 0.3) is 11.3 Å². The molecule has 3 aromatic rings. The second-order valence-electron chi connectivity index (χ2n) is 7.06. The number of ketones is 1. The Morgan fingerprint density at radius 3 is 2.33 bits per heavy atom. The van der Waals surface area contributed by atoms with Crippen molar-refractivity contribution in [1.82, 2.24) is 9.97 Å². The molecule has 8 nitrogen and oxygen atoms in total. The summed E-state index contributed by atoms with van der Waals surface area (Å²) in [6.07, 6.45) is 2.34. The number of carboxylic acid groups (broad SMARTS) is 1. The van der Waals surface area contributed by atoms with Crippen LogP contribution in [0.5, 0.6) is 11.5 Å². The van der Waals surface area contributed by atoms with E-state index in [9.17, 15) is 18.0 Å². The third-order valence-corrected chi connectivity index (χ3v) is 5.27. The predicted molar refractivity (Wildman–Crippen MR) is 110 cm³/mol. The smallest absolute Gasteiger partial charge is 0.352 e. The lowest BCUT2D eigenvalue weighted by atomic mass is 9.98. The lowest BCUT2D eigenvalue weighted by Crippen LogP contribution is -2.08. The molecule has 0 atom stereocenters. The molecule has 0 amide bonds. The third-order valence-electron chi connectivity index (χ3n) is 4.27. The van der Waals surface area contributed by atoms with E-state index in [1.165, 1.54) is 24.4 Å². The number of nitrogens with zero attached hydrogens (tertiary/aromatic N) is 1. The molecule has 2 aromatic heterocycles. The van der Waals surface area contributed by atoms with Gasteiger partial charge in [-0.2, -0.15) is 0 Å². The summed E-state index contributed by atoms with van der Waals surface area (Å²) in [4.78, 5) is 30.4. The molecule has 0 saturated heterocycles. The first kappa shape index (κ1) is 21.3. The molecule has 156 valence electrons. The van der Waals surface area contributed by atoms with Crippen molar-refractivity contribution < 1.29 is 27.9 Å². The largest absolute Gasteiger partial charge is 0.477 e. The molecule has 0 unspecified atom stereocenters. The zero-order chi connectivity index (χ0) is 22.1. The number of hydrogen-bond acceptors (Lipinski definition) is 6. The van der Waals surface area contributed by atoms with Gasteiger partial charge in [0.05, 0.1) is 6.20 Å².